The molecule has 1 aromatic heterocycles. The van der Waals surface area contributed by atoms with Gasteiger partial charge in [-0.3, -0.25) is 0 Å². The van der Waals surface area contributed by atoms with Crippen LogP contribution >= 0.6 is 15.9 Å². The summed E-state index contributed by atoms with van der Waals surface area (Å²) in [4.78, 5) is 6.67. The van der Waals surface area contributed by atoms with Gasteiger partial charge in [-0.15, -0.1) is 0 Å². The first-order valence-corrected chi connectivity index (χ1v) is 6.46. The molecular weight excluding hydrogens is 268 g/mol. The third-order valence-corrected chi connectivity index (χ3v) is 3.41. The van der Waals surface area contributed by atoms with E-state index in [1.54, 1.807) is 0 Å². The predicted octanol–water partition coefficient (Wildman–Crippen LogP) is 2.71. The molecule has 4 heteroatoms. The van der Waals surface area contributed by atoms with Crippen LogP contribution in [0.15, 0.2) is 22.8 Å². The van der Waals surface area contributed by atoms with Gasteiger partial charge in [0.25, 0.3) is 0 Å². The molecule has 0 radical (unpaired) electrons. The highest BCUT2D eigenvalue weighted by Crippen LogP contribution is 2.19. The molecule has 0 atom stereocenters. The average molecular weight is 285 g/mol. The van der Waals surface area contributed by atoms with Crippen molar-refractivity contribution in [3.63, 3.8) is 0 Å². The van der Waals surface area contributed by atoms with Gasteiger partial charge in [-0.1, -0.05) is 6.07 Å². The van der Waals surface area contributed by atoms with Gasteiger partial charge in [0.1, 0.15) is 10.4 Å². The molecule has 88 valence electrons. The fourth-order valence-electron chi connectivity index (χ4n) is 2.02. The SMILES string of the molecule is CN(CC1CCOCC1)c1cccc(Br)n1. The monoisotopic (exact) mass is 284 g/mol. The summed E-state index contributed by atoms with van der Waals surface area (Å²) in [5.74, 6) is 1.76. The summed E-state index contributed by atoms with van der Waals surface area (Å²) in [6.07, 6.45) is 2.33. The zero-order chi connectivity index (χ0) is 11.4. The fourth-order valence-corrected chi connectivity index (χ4v) is 2.35. The Morgan fingerprint density at radius 2 is 2.19 bits per heavy atom. The molecule has 0 unspecified atom stereocenters. The number of pyridine rings is 1. The van der Waals surface area contributed by atoms with Crippen LogP contribution < -0.4 is 4.90 Å². The van der Waals surface area contributed by atoms with Crippen molar-refractivity contribution < 1.29 is 4.74 Å². The Kier molecular flexibility index (Phi) is 4.18. The number of rotatable bonds is 3. The Hall–Kier alpha value is -0.610. The summed E-state index contributed by atoms with van der Waals surface area (Å²) >= 11 is 3.40. The van der Waals surface area contributed by atoms with E-state index in [0.29, 0.717) is 0 Å². The molecule has 16 heavy (non-hydrogen) atoms. The summed E-state index contributed by atoms with van der Waals surface area (Å²) in [7, 11) is 2.10. The lowest BCUT2D eigenvalue weighted by Crippen LogP contribution is -2.30. The molecule has 0 saturated carbocycles. The van der Waals surface area contributed by atoms with Crippen molar-refractivity contribution in [1.29, 1.82) is 0 Å². The Labute approximate surface area is 105 Å². The van der Waals surface area contributed by atoms with Crippen molar-refractivity contribution in [2.75, 3.05) is 31.7 Å². The zero-order valence-electron chi connectivity index (χ0n) is 9.53. The van der Waals surface area contributed by atoms with Crippen LogP contribution in [0.2, 0.25) is 0 Å². The second-order valence-corrected chi connectivity index (χ2v) is 5.07. The first-order valence-electron chi connectivity index (χ1n) is 5.67. The Morgan fingerprint density at radius 1 is 1.44 bits per heavy atom. The van der Waals surface area contributed by atoms with Crippen LogP contribution in [0.5, 0.6) is 0 Å². The highest BCUT2D eigenvalue weighted by molar-refractivity contribution is 9.10. The lowest BCUT2D eigenvalue weighted by molar-refractivity contribution is 0.0685. The topological polar surface area (TPSA) is 25.4 Å². The number of aromatic nitrogens is 1. The van der Waals surface area contributed by atoms with Gasteiger partial charge in [-0.2, -0.15) is 0 Å². The molecule has 2 heterocycles. The second kappa shape index (κ2) is 5.64. The molecular formula is C12H17BrN2O. The summed E-state index contributed by atoms with van der Waals surface area (Å²) in [6.45, 7) is 2.88. The minimum Gasteiger partial charge on any atom is -0.381 e. The van der Waals surface area contributed by atoms with Crippen LogP contribution in [0, 0.1) is 5.92 Å². The maximum Gasteiger partial charge on any atom is 0.129 e. The van der Waals surface area contributed by atoms with Gasteiger partial charge in [-0.05, 0) is 46.8 Å². The van der Waals surface area contributed by atoms with Crippen LogP contribution in [-0.4, -0.2) is 31.8 Å². The van der Waals surface area contributed by atoms with Gasteiger partial charge in [-0.25, -0.2) is 4.98 Å². The molecule has 0 N–H and O–H groups in total. The van der Waals surface area contributed by atoms with E-state index in [0.717, 1.165) is 36.1 Å². The molecule has 1 aliphatic heterocycles. The molecule has 1 saturated heterocycles. The van der Waals surface area contributed by atoms with Gasteiger partial charge in [0.2, 0.25) is 0 Å². The molecule has 0 aliphatic carbocycles. The molecule has 1 fully saturated rings. The number of halogens is 1. The maximum absolute atomic E-state index is 5.36. The lowest BCUT2D eigenvalue weighted by atomic mass is 10.00. The van der Waals surface area contributed by atoms with E-state index in [1.807, 2.05) is 18.2 Å². The number of nitrogens with zero attached hydrogens (tertiary/aromatic N) is 2. The molecule has 3 nitrogen and oxygen atoms in total. The van der Waals surface area contributed by atoms with Gasteiger partial charge < -0.3 is 9.64 Å². The van der Waals surface area contributed by atoms with Crippen molar-refractivity contribution >= 4 is 21.7 Å². The number of ether oxygens (including phenoxy) is 1. The van der Waals surface area contributed by atoms with Crippen LogP contribution in [-0.2, 0) is 4.74 Å². The molecule has 0 bridgehead atoms. The smallest absolute Gasteiger partial charge is 0.129 e. The maximum atomic E-state index is 5.36. The van der Waals surface area contributed by atoms with Crippen LogP contribution in [0.25, 0.3) is 0 Å². The summed E-state index contributed by atoms with van der Waals surface area (Å²) < 4.78 is 6.26. The van der Waals surface area contributed by atoms with Crippen molar-refractivity contribution in [1.82, 2.24) is 4.98 Å². The van der Waals surface area contributed by atoms with E-state index in [4.69, 9.17) is 4.74 Å². The minimum atomic E-state index is 0.736. The van der Waals surface area contributed by atoms with E-state index in [-0.39, 0.29) is 0 Å². The number of hydrogen-bond acceptors (Lipinski definition) is 3. The third kappa shape index (κ3) is 3.19. The van der Waals surface area contributed by atoms with E-state index < -0.39 is 0 Å². The predicted molar refractivity (Wildman–Crippen MR) is 68.8 cm³/mol. The molecule has 0 aromatic carbocycles. The quantitative estimate of drug-likeness (QED) is 0.798. The molecule has 0 spiro atoms. The summed E-state index contributed by atoms with van der Waals surface area (Å²) in [5.41, 5.74) is 0. The Morgan fingerprint density at radius 3 is 2.88 bits per heavy atom. The zero-order valence-corrected chi connectivity index (χ0v) is 11.1. The first-order chi connectivity index (χ1) is 7.75. The number of hydrogen-bond donors (Lipinski definition) is 0. The van der Waals surface area contributed by atoms with Crippen molar-refractivity contribution in [2.45, 2.75) is 12.8 Å². The molecule has 2 rings (SSSR count). The van der Waals surface area contributed by atoms with Crippen molar-refractivity contribution in [3.8, 4) is 0 Å². The lowest BCUT2D eigenvalue weighted by Gasteiger charge is -2.27. The third-order valence-electron chi connectivity index (χ3n) is 2.96. The van der Waals surface area contributed by atoms with E-state index >= 15 is 0 Å². The molecule has 1 aliphatic rings. The minimum absolute atomic E-state index is 0.736. The highest BCUT2D eigenvalue weighted by Gasteiger charge is 2.16. The largest absolute Gasteiger partial charge is 0.381 e. The van der Waals surface area contributed by atoms with Gasteiger partial charge in [0.05, 0.1) is 0 Å². The van der Waals surface area contributed by atoms with Crippen LogP contribution in [0.1, 0.15) is 12.8 Å². The van der Waals surface area contributed by atoms with Gasteiger partial charge in [0, 0.05) is 26.8 Å². The van der Waals surface area contributed by atoms with Crippen molar-refractivity contribution in [2.24, 2.45) is 5.92 Å². The fraction of sp³-hybridized carbons (Fsp3) is 0.583. The normalized spacial score (nSPS) is 17.4. The standard InChI is InChI=1S/C12H17BrN2O/c1-15(9-10-5-7-16-8-6-10)12-4-2-3-11(13)14-12/h2-4,10H,5-9H2,1H3. The van der Waals surface area contributed by atoms with Crippen molar-refractivity contribution in [3.05, 3.63) is 22.8 Å². The number of anilines is 1. The summed E-state index contributed by atoms with van der Waals surface area (Å²) in [6, 6.07) is 6.02. The van der Waals surface area contributed by atoms with E-state index in [1.165, 1.54) is 12.8 Å². The van der Waals surface area contributed by atoms with E-state index in [9.17, 15) is 0 Å². The average Bonchev–Trinajstić information content (AvgIpc) is 2.30. The van der Waals surface area contributed by atoms with Gasteiger partial charge in [0.15, 0.2) is 0 Å². The Bertz CT molecular complexity index is 340. The molecule has 0 amide bonds. The summed E-state index contributed by atoms with van der Waals surface area (Å²) in [5, 5.41) is 0. The Balaban J connectivity index is 1.94. The second-order valence-electron chi connectivity index (χ2n) is 4.25. The van der Waals surface area contributed by atoms with Crippen LogP contribution in [0.3, 0.4) is 0 Å². The van der Waals surface area contributed by atoms with Crippen LogP contribution in [0.4, 0.5) is 5.82 Å². The molecule has 1 aromatic rings. The van der Waals surface area contributed by atoms with Gasteiger partial charge >= 0.3 is 0 Å². The highest BCUT2D eigenvalue weighted by atomic mass is 79.9. The first kappa shape index (κ1) is 11.9. The van der Waals surface area contributed by atoms with E-state index in [2.05, 4.69) is 32.9 Å².